The molecule has 1 saturated carbocycles. The molecule has 0 radical (unpaired) electrons. The maximum Gasteiger partial charge on any atom is 0.0613 e. The molecule has 0 amide bonds. The lowest BCUT2D eigenvalue weighted by molar-refractivity contribution is 0.0868. The van der Waals surface area contributed by atoms with Gasteiger partial charge in [-0.15, -0.1) is 0 Å². The van der Waals surface area contributed by atoms with Crippen LogP contribution < -0.4 is 5.32 Å². The summed E-state index contributed by atoms with van der Waals surface area (Å²) in [6.45, 7) is 2.98. The van der Waals surface area contributed by atoms with E-state index >= 15 is 0 Å². The van der Waals surface area contributed by atoms with E-state index in [1.54, 1.807) is 0 Å². The minimum absolute atomic E-state index is 0.0224. The highest BCUT2D eigenvalue weighted by atomic mass is 16.3. The molecule has 2 N–H and O–H groups in total. The van der Waals surface area contributed by atoms with Gasteiger partial charge in [-0.05, 0) is 38.3 Å². The molecule has 82 valence electrons. The zero-order chi connectivity index (χ0) is 10.7. The van der Waals surface area contributed by atoms with Crippen molar-refractivity contribution in [2.45, 2.75) is 38.3 Å². The predicted molar refractivity (Wildman–Crippen MR) is 59.5 cm³/mol. The van der Waals surface area contributed by atoms with Crippen LogP contribution >= 0.6 is 0 Å². The number of hydrogen-bond donors (Lipinski definition) is 2. The first-order valence-corrected chi connectivity index (χ1v) is 5.53. The highest BCUT2D eigenvalue weighted by molar-refractivity contribution is 5.10. The van der Waals surface area contributed by atoms with E-state index in [0.717, 1.165) is 30.8 Å². The van der Waals surface area contributed by atoms with Gasteiger partial charge in [-0.25, -0.2) is 0 Å². The molecule has 1 heterocycles. The molecular formula is C12H18N2O. The summed E-state index contributed by atoms with van der Waals surface area (Å²) in [6, 6.07) is 6.03. The summed E-state index contributed by atoms with van der Waals surface area (Å²) < 4.78 is 0. The second kappa shape index (κ2) is 4.29. The summed E-state index contributed by atoms with van der Waals surface area (Å²) >= 11 is 0. The molecule has 3 heteroatoms. The Bertz CT molecular complexity index is 329. The molecule has 0 aromatic carbocycles. The van der Waals surface area contributed by atoms with Crippen LogP contribution in [0.2, 0.25) is 0 Å². The van der Waals surface area contributed by atoms with Crippen molar-refractivity contribution in [3.8, 4) is 0 Å². The van der Waals surface area contributed by atoms with Gasteiger partial charge in [0.1, 0.15) is 0 Å². The van der Waals surface area contributed by atoms with Crippen molar-refractivity contribution in [3.63, 3.8) is 0 Å². The number of aliphatic hydroxyl groups excluding tert-OH is 1. The van der Waals surface area contributed by atoms with Crippen LogP contribution in [0.4, 0.5) is 0 Å². The van der Waals surface area contributed by atoms with Crippen LogP contribution in [0.25, 0.3) is 0 Å². The first-order valence-electron chi connectivity index (χ1n) is 5.53. The van der Waals surface area contributed by atoms with E-state index in [-0.39, 0.29) is 12.1 Å². The average molecular weight is 206 g/mol. The van der Waals surface area contributed by atoms with Crippen LogP contribution in [-0.4, -0.2) is 22.2 Å². The number of rotatable bonds is 4. The van der Waals surface area contributed by atoms with Crippen molar-refractivity contribution in [2.24, 2.45) is 0 Å². The Hall–Kier alpha value is -0.930. The van der Waals surface area contributed by atoms with Crippen molar-refractivity contribution in [2.75, 3.05) is 6.61 Å². The second-order valence-corrected chi connectivity index (χ2v) is 4.42. The fourth-order valence-electron chi connectivity index (χ4n) is 1.97. The molecule has 1 aliphatic rings. The second-order valence-electron chi connectivity index (χ2n) is 4.42. The Morgan fingerprint density at radius 2 is 2.27 bits per heavy atom. The molecule has 0 bridgehead atoms. The molecule has 1 aliphatic carbocycles. The summed E-state index contributed by atoms with van der Waals surface area (Å²) in [5.41, 5.74) is 2.07. The number of hydrogen-bond acceptors (Lipinski definition) is 3. The van der Waals surface area contributed by atoms with E-state index in [9.17, 15) is 5.11 Å². The molecule has 3 nitrogen and oxygen atoms in total. The van der Waals surface area contributed by atoms with Gasteiger partial charge in [0.2, 0.25) is 0 Å². The summed E-state index contributed by atoms with van der Waals surface area (Å²) in [5.74, 6) is 0. The van der Waals surface area contributed by atoms with Gasteiger partial charge in [-0.1, -0.05) is 6.07 Å². The monoisotopic (exact) mass is 206 g/mol. The molecule has 2 rings (SSSR count). The van der Waals surface area contributed by atoms with Crippen LogP contribution in [0, 0.1) is 6.92 Å². The lowest BCUT2D eigenvalue weighted by Crippen LogP contribution is -2.53. The number of aliphatic hydroxyl groups is 1. The zero-order valence-electron chi connectivity index (χ0n) is 9.16. The average Bonchev–Trinajstić information content (AvgIpc) is 2.17. The Kier molecular flexibility index (Phi) is 3.03. The minimum atomic E-state index is -0.0224. The van der Waals surface area contributed by atoms with E-state index in [1.165, 1.54) is 6.42 Å². The first kappa shape index (κ1) is 10.6. The Morgan fingerprint density at radius 3 is 2.80 bits per heavy atom. The quantitative estimate of drug-likeness (QED) is 0.782. The molecule has 1 aromatic heterocycles. The van der Waals surface area contributed by atoms with Gasteiger partial charge in [0.25, 0.3) is 0 Å². The van der Waals surface area contributed by atoms with Crippen molar-refractivity contribution in [3.05, 3.63) is 29.6 Å². The third-order valence-electron chi connectivity index (χ3n) is 3.20. The fourth-order valence-corrected chi connectivity index (χ4v) is 1.97. The third kappa shape index (κ3) is 2.36. The van der Waals surface area contributed by atoms with Gasteiger partial charge in [0.15, 0.2) is 0 Å². The van der Waals surface area contributed by atoms with Crippen LogP contribution in [0.5, 0.6) is 0 Å². The molecule has 0 saturated heterocycles. The fraction of sp³-hybridized carbons (Fsp3) is 0.583. The van der Waals surface area contributed by atoms with Gasteiger partial charge < -0.3 is 10.4 Å². The summed E-state index contributed by atoms with van der Waals surface area (Å²) in [7, 11) is 0. The van der Waals surface area contributed by atoms with E-state index in [2.05, 4.69) is 10.3 Å². The maximum absolute atomic E-state index is 9.29. The van der Waals surface area contributed by atoms with Crippen molar-refractivity contribution >= 4 is 0 Å². The third-order valence-corrected chi connectivity index (χ3v) is 3.20. The van der Waals surface area contributed by atoms with Crippen LogP contribution in [0.15, 0.2) is 18.2 Å². The van der Waals surface area contributed by atoms with Crippen LogP contribution in [0.3, 0.4) is 0 Å². The van der Waals surface area contributed by atoms with Gasteiger partial charge in [0, 0.05) is 17.8 Å². The van der Waals surface area contributed by atoms with E-state index in [4.69, 9.17) is 0 Å². The van der Waals surface area contributed by atoms with Crippen LogP contribution in [0.1, 0.15) is 30.7 Å². The van der Waals surface area contributed by atoms with E-state index < -0.39 is 0 Å². The van der Waals surface area contributed by atoms with E-state index in [0.29, 0.717) is 0 Å². The number of nitrogens with one attached hydrogen (secondary N) is 1. The topological polar surface area (TPSA) is 45.1 Å². The maximum atomic E-state index is 9.29. The molecule has 1 fully saturated rings. The highest BCUT2D eigenvalue weighted by Gasteiger charge is 2.35. The minimum Gasteiger partial charge on any atom is -0.394 e. The predicted octanol–water partition coefficient (Wildman–Crippen LogP) is 1.39. The summed E-state index contributed by atoms with van der Waals surface area (Å²) in [4.78, 5) is 4.42. The van der Waals surface area contributed by atoms with Crippen molar-refractivity contribution in [1.82, 2.24) is 10.3 Å². The zero-order valence-corrected chi connectivity index (χ0v) is 9.16. The number of nitrogens with zero attached hydrogens (tertiary/aromatic N) is 1. The molecular weight excluding hydrogens is 188 g/mol. The van der Waals surface area contributed by atoms with Crippen molar-refractivity contribution in [1.29, 1.82) is 0 Å². The molecule has 0 spiro atoms. The number of pyridine rings is 1. The molecule has 0 aliphatic heterocycles. The van der Waals surface area contributed by atoms with Crippen molar-refractivity contribution < 1.29 is 5.11 Å². The largest absolute Gasteiger partial charge is 0.394 e. The normalized spacial score (nSPS) is 18.5. The smallest absolute Gasteiger partial charge is 0.0613 e. The molecule has 0 atom stereocenters. The van der Waals surface area contributed by atoms with Gasteiger partial charge in [0.05, 0.1) is 12.3 Å². The molecule has 0 unspecified atom stereocenters. The molecule has 15 heavy (non-hydrogen) atoms. The Labute approximate surface area is 90.5 Å². The Morgan fingerprint density at radius 1 is 1.47 bits per heavy atom. The first-order chi connectivity index (χ1) is 7.24. The highest BCUT2D eigenvalue weighted by Crippen LogP contribution is 2.31. The van der Waals surface area contributed by atoms with Gasteiger partial charge in [-0.3, -0.25) is 4.98 Å². The SMILES string of the molecule is Cc1cccc(CNC2(CO)CCC2)n1. The standard InChI is InChI=1S/C12H18N2O/c1-10-4-2-5-11(14-10)8-13-12(9-15)6-3-7-12/h2,4-5,13,15H,3,6-9H2,1H3. The summed E-state index contributed by atoms with van der Waals surface area (Å²) in [5, 5.41) is 12.7. The lowest BCUT2D eigenvalue weighted by atomic mass is 9.77. The number of aromatic nitrogens is 1. The van der Waals surface area contributed by atoms with Gasteiger partial charge >= 0.3 is 0 Å². The molecule has 1 aromatic rings. The Balaban J connectivity index is 1.92. The lowest BCUT2D eigenvalue weighted by Gasteiger charge is -2.41. The summed E-state index contributed by atoms with van der Waals surface area (Å²) in [6.07, 6.45) is 3.37. The van der Waals surface area contributed by atoms with Gasteiger partial charge in [-0.2, -0.15) is 0 Å². The van der Waals surface area contributed by atoms with E-state index in [1.807, 2.05) is 25.1 Å². The number of aryl methyl sites for hydroxylation is 1. The van der Waals surface area contributed by atoms with Crippen LogP contribution in [-0.2, 0) is 6.54 Å².